The van der Waals surface area contributed by atoms with Gasteiger partial charge in [-0.3, -0.25) is 9.69 Å². The second-order valence-corrected chi connectivity index (χ2v) is 7.29. The average molecular weight is 388 g/mol. The van der Waals surface area contributed by atoms with Crippen LogP contribution in [0.1, 0.15) is 18.1 Å². The van der Waals surface area contributed by atoms with Crippen molar-refractivity contribution in [1.82, 2.24) is 9.80 Å². The first-order chi connectivity index (χ1) is 12.9. The summed E-state index contributed by atoms with van der Waals surface area (Å²) in [4.78, 5) is 16.7. The van der Waals surface area contributed by atoms with Crippen molar-refractivity contribution in [3.05, 3.63) is 70.5 Å². The molecule has 0 radical (unpaired) electrons. The molecule has 27 heavy (non-hydrogen) atoms. The number of amides is 1. The van der Waals surface area contributed by atoms with Crippen LogP contribution in [0.5, 0.6) is 0 Å². The third-order valence-corrected chi connectivity index (χ3v) is 5.00. The van der Waals surface area contributed by atoms with E-state index >= 15 is 0 Å². The fourth-order valence-corrected chi connectivity index (χ4v) is 3.49. The van der Waals surface area contributed by atoms with Crippen molar-refractivity contribution in [2.75, 3.05) is 25.4 Å². The molecule has 0 aliphatic carbocycles. The second kappa shape index (κ2) is 8.55. The van der Waals surface area contributed by atoms with Gasteiger partial charge in [0.1, 0.15) is 5.82 Å². The molecule has 4 nitrogen and oxygen atoms in total. The number of carbonyl (C=O) groups excluding carboxylic acids is 1. The molecule has 1 heterocycles. The standard InChI is InChI=1S/C21H23ClFN3O/c1-15-13-25(14-16-2-7-19(23)8-3-16)10-11-26(15)21(27)9-5-17-4-6-18(22)12-20(17)24/h2-9,12,15H,10-11,13-14,24H2,1H3. The number of nitrogen functional groups attached to an aromatic ring is 1. The lowest BCUT2D eigenvalue weighted by Gasteiger charge is -2.39. The number of rotatable bonds is 4. The molecule has 0 aromatic heterocycles. The highest BCUT2D eigenvalue weighted by Crippen LogP contribution is 2.20. The molecule has 2 aromatic carbocycles. The monoisotopic (exact) mass is 387 g/mol. The molecule has 1 atom stereocenters. The zero-order chi connectivity index (χ0) is 19.4. The van der Waals surface area contributed by atoms with Crippen LogP contribution in [0, 0.1) is 5.82 Å². The molecule has 2 N–H and O–H groups in total. The van der Waals surface area contributed by atoms with Gasteiger partial charge in [0.05, 0.1) is 0 Å². The van der Waals surface area contributed by atoms with E-state index in [4.69, 9.17) is 17.3 Å². The Hall–Kier alpha value is -2.37. The van der Waals surface area contributed by atoms with Crippen LogP contribution in [0.2, 0.25) is 5.02 Å². The van der Waals surface area contributed by atoms with Crippen LogP contribution in [0.4, 0.5) is 10.1 Å². The second-order valence-electron chi connectivity index (χ2n) is 6.85. The topological polar surface area (TPSA) is 49.6 Å². The van der Waals surface area contributed by atoms with Gasteiger partial charge in [-0.25, -0.2) is 4.39 Å². The number of hydrogen-bond donors (Lipinski definition) is 1. The number of anilines is 1. The minimum Gasteiger partial charge on any atom is -0.398 e. The SMILES string of the molecule is CC1CN(Cc2ccc(F)cc2)CCN1C(=O)C=Cc1ccc(Cl)cc1N. The zero-order valence-electron chi connectivity index (χ0n) is 15.2. The van der Waals surface area contributed by atoms with Crippen LogP contribution in [0.15, 0.2) is 48.5 Å². The van der Waals surface area contributed by atoms with Crippen LogP contribution in [-0.2, 0) is 11.3 Å². The molecule has 1 aliphatic heterocycles. The Bertz CT molecular complexity index is 838. The van der Waals surface area contributed by atoms with Crippen molar-refractivity contribution in [2.45, 2.75) is 19.5 Å². The largest absolute Gasteiger partial charge is 0.398 e. The third-order valence-electron chi connectivity index (χ3n) is 4.77. The van der Waals surface area contributed by atoms with Crippen LogP contribution < -0.4 is 5.73 Å². The van der Waals surface area contributed by atoms with E-state index in [0.29, 0.717) is 17.3 Å². The Morgan fingerprint density at radius 2 is 2.00 bits per heavy atom. The molecule has 1 saturated heterocycles. The summed E-state index contributed by atoms with van der Waals surface area (Å²) < 4.78 is 13.0. The Balaban J connectivity index is 1.57. The van der Waals surface area contributed by atoms with Crippen molar-refractivity contribution < 1.29 is 9.18 Å². The summed E-state index contributed by atoms with van der Waals surface area (Å²) in [6, 6.07) is 11.9. The summed E-state index contributed by atoms with van der Waals surface area (Å²) in [5, 5.41) is 0.571. The van der Waals surface area contributed by atoms with E-state index in [9.17, 15) is 9.18 Å². The maximum atomic E-state index is 13.0. The number of nitrogens with zero attached hydrogens (tertiary/aromatic N) is 2. The Labute approximate surface area is 164 Å². The predicted molar refractivity (Wildman–Crippen MR) is 108 cm³/mol. The maximum absolute atomic E-state index is 13.0. The Kier molecular flexibility index (Phi) is 6.14. The van der Waals surface area contributed by atoms with E-state index in [-0.39, 0.29) is 17.8 Å². The number of piperazine rings is 1. The first-order valence-electron chi connectivity index (χ1n) is 8.93. The van der Waals surface area contributed by atoms with E-state index in [0.717, 1.165) is 30.8 Å². The van der Waals surface area contributed by atoms with Gasteiger partial charge >= 0.3 is 0 Å². The summed E-state index contributed by atoms with van der Waals surface area (Å²) in [5.41, 5.74) is 8.31. The molecule has 0 bridgehead atoms. The summed E-state index contributed by atoms with van der Waals surface area (Å²) in [6.07, 6.45) is 3.29. The minimum absolute atomic E-state index is 0.0294. The van der Waals surface area contributed by atoms with Crippen molar-refractivity contribution in [2.24, 2.45) is 0 Å². The van der Waals surface area contributed by atoms with Gasteiger partial charge in [0.25, 0.3) is 0 Å². The van der Waals surface area contributed by atoms with Crippen LogP contribution in [0.25, 0.3) is 6.08 Å². The molecule has 0 saturated carbocycles. The van der Waals surface area contributed by atoms with Crippen molar-refractivity contribution in [3.8, 4) is 0 Å². The molecule has 6 heteroatoms. The van der Waals surface area contributed by atoms with Gasteiger partial charge in [-0.05, 0) is 48.4 Å². The van der Waals surface area contributed by atoms with E-state index in [1.807, 2.05) is 11.8 Å². The fraction of sp³-hybridized carbons (Fsp3) is 0.286. The quantitative estimate of drug-likeness (QED) is 0.641. The van der Waals surface area contributed by atoms with Crippen LogP contribution in [0.3, 0.4) is 0 Å². The van der Waals surface area contributed by atoms with Gasteiger partial charge in [-0.1, -0.05) is 29.8 Å². The van der Waals surface area contributed by atoms with Crippen molar-refractivity contribution >= 4 is 29.3 Å². The average Bonchev–Trinajstić information content (AvgIpc) is 2.63. The van der Waals surface area contributed by atoms with Gasteiger partial charge < -0.3 is 10.6 Å². The van der Waals surface area contributed by atoms with Crippen molar-refractivity contribution in [3.63, 3.8) is 0 Å². The summed E-state index contributed by atoms with van der Waals surface area (Å²) in [6.45, 7) is 5.01. The highest BCUT2D eigenvalue weighted by Gasteiger charge is 2.26. The molecule has 1 aliphatic rings. The number of carbonyl (C=O) groups is 1. The van der Waals surface area contributed by atoms with Gasteiger partial charge in [0.15, 0.2) is 0 Å². The zero-order valence-corrected chi connectivity index (χ0v) is 16.0. The molecule has 2 aromatic rings. The number of halogens is 2. The number of benzene rings is 2. The highest BCUT2D eigenvalue weighted by atomic mass is 35.5. The Morgan fingerprint density at radius 3 is 2.67 bits per heavy atom. The Morgan fingerprint density at radius 1 is 1.26 bits per heavy atom. The lowest BCUT2D eigenvalue weighted by Crippen LogP contribution is -2.53. The van der Waals surface area contributed by atoms with E-state index in [1.165, 1.54) is 12.1 Å². The molecule has 1 unspecified atom stereocenters. The number of hydrogen-bond acceptors (Lipinski definition) is 3. The summed E-state index contributed by atoms with van der Waals surface area (Å²) in [7, 11) is 0. The number of nitrogens with two attached hydrogens (primary N) is 1. The van der Waals surface area contributed by atoms with Gasteiger partial charge in [0.2, 0.25) is 5.91 Å². The van der Waals surface area contributed by atoms with Crippen molar-refractivity contribution in [1.29, 1.82) is 0 Å². The van der Waals surface area contributed by atoms with Crippen LogP contribution in [-0.4, -0.2) is 41.4 Å². The summed E-state index contributed by atoms with van der Waals surface area (Å²) in [5.74, 6) is -0.256. The van der Waals surface area contributed by atoms with Gasteiger partial charge in [-0.2, -0.15) is 0 Å². The third kappa shape index (κ3) is 5.08. The minimum atomic E-state index is -0.226. The molecule has 1 fully saturated rings. The first kappa shape index (κ1) is 19.4. The fourth-order valence-electron chi connectivity index (χ4n) is 3.31. The lowest BCUT2D eigenvalue weighted by atomic mass is 10.1. The molecule has 1 amide bonds. The lowest BCUT2D eigenvalue weighted by molar-refractivity contribution is -0.130. The molecule has 0 spiro atoms. The van der Waals surface area contributed by atoms with Gasteiger partial charge in [0, 0.05) is 49.0 Å². The smallest absolute Gasteiger partial charge is 0.246 e. The molecule has 142 valence electrons. The maximum Gasteiger partial charge on any atom is 0.246 e. The van der Waals surface area contributed by atoms with Gasteiger partial charge in [-0.15, -0.1) is 0 Å². The molecule has 3 rings (SSSR count). The normalized spacial score (nSPS) is 18.2. The first-order valence-corrected chi connectivity index (χ1v) is 9.30. The predicted octanol–water partition coefficient (Wildman–Crippen LogP) is 3.81. The summed E-state index contributed by atoms with van der Waals surface area (Å²) >= 11 is 5.90. The van der Waals surface area contributed by atoms with E-state index < -0.39 is 0 Å². The molecular formula is C21H23ClFN3O. The van der Waals surface area contributed by atoms with Crippen LogP contribution >= 0.6 is 11.6 Å². The van der Waals surface area contributed by atoms with E-state index in [2.05, 4.69) is 4.90 Å². The highest BCUT2D eigenvalue weighted by molar-refractivity contribution is 6.30. The molecular weight excluding hydrogens is 365 g/mol. The van der Waals surface area contributed by atoms with E-state index in [1.54, 1.807) is 42.5 Å².